The summed E-state index contributed by atoms with van der Waals surface area (Å²) in [7, 11) is -2.48. The molecule has 9 heteroatoms. The van der Waals surface area contributed by atoms with E-state index in [0.717, 1.165) is 24.3 Å². The van der Waals surface area contributed by atoms with Gasteiger partial charge in [0.25, 0.3) is 15.9 Å². The Morgan fingerprint density at radius 1 is 0.974 bits per heavy atom. The van der Waals surface area contributed by atoms with Crippen LogP contribution >= 0.6 is 0 Å². The first kappa shape index (κ1) is 26.9. The van der Waals surface area contributed by atoms with Crippen molar-refractivity contribution in [3.8, 4) is 11.5 Å². The van der Waals surface area contributed by atoms with Crippen molar-refractivity contribution in [3.63, 3.8) is 0 Å². The monoisotopic (exact) mass is 549 g/mol. The number of ether oxygens (including phenoxy) is 2. The number of anilines is 3. The van der Waals surface area contributed by atoms with Crippen molar-refractivity contribution in [3.05, 3.63) is 72.3 Å². The number of sulfonamides is 1. The number of fused-ring (bicyclic) bond motifs is 1. The van der Waals surface area contributed by atoms with Gasteiger partial charge in [0.15, 0.2) is 6.10 Å². The molecular weight excluding hydrogens is 514 g/mol. The fourth-order valence-electron chi connectivity index (χ4n) is 4.91. The minimum absolute atomic E-state index is 0.106. The average Bonchev–Trinajstić information content (AvgIpc) is 3.47. The van der Waals surface area contributed by atoms with E-state index in [1.807, 2.05) is 36.4 Å². The number of methoxy groups -OCH3 is 1. The third-order valence-electron chi connectivity index (χ3n) is 7.24. The first-order valence-corrected chi connectivity index (χ1v) is 14.6. The maximum absolute atomic E-state index is 13.9. The number of amides is 1. The molecule has 1 fully saturated rings. The van der Waals surface area contributed by atoms with Gasteiger partial charge in [0.2, 0.25) is 0 Å². The zero-order chi connectivity index (χ0) is 27.8. The van der Waals surface area contributed by atoms with Crippen molar-refractivity contribution in [1.29, 1.82) is 0 Å². The lowest BCUT2D eigenvalue weighted by molar-refractivity contribution is -0.122. The Kier molecular flexibility index (Phi) is 7.20. The first-order chi connectivity index (χ1) is 18.6. The molecule has 3 aromatic rings. The first-order valence-electron chi connectivity index (χ1n) is 13.2. The normalized spacial score (nSPS) is 17.4. The lowest BCUT2D eigenvalue weighted by atomic mass is 9.86. The molecule has 0 aliphatic carbocycles. The van der Waals surface area contributed by atoms with Crippen molar-refractivity contribution in [2.24, 2.45) is 0 Å². The zero-order valence-corrected chi connectivity index (χ0v) is 23.6. The van der Waals surface area contributed by atoms with Gasteiger partial charge in [0.05, 0.1) is 24.2 Å². The minimum Gasteiger partial charge on any atom is -0.497 e. The van der Waals surface area contributed by atoms with Crippen molar-refractivity contribution in [1.82, 2.24) is 0 Å². The van der Waals surface area contributed by atoms with Crippen LogP contribution in [0, 0.1) is 0 Å². The standard InChI is InChI=1S/C30H35N3O5S/c1-30(2,3)21-7-16-27-26(19-21)33(39(35,36)25-14-12-24(37-4)13-15-25)20-28(38-27)29(34)31-22-8-10-23(11-9-22)32-17-5-6-18-32/h7-16,19,28H,5-6,17-18,20H2,1-4H3,(H,31,34)/t28-/m0/s1. The number of nitrogens with one attached hydrogen (secondary N) is 1. The number of carbonyl (C=O) groups excluding carboxylic acids is 1. The van der Waals surface area contributed by atoms with Gasteiger partial charge in [-0.15, -0.1) is 0 Å². The molecule has 3 aromatic carbocycles. The third kappa shape index (κ3) is 5.54. The molecule has 0 aromatic heterocycles. The Morgan fingerprint density at radius 2 is 1.64 bits per heavy atom. The summed E-state index contributed by atoms with van der Waals surface area (Å²) >= 11 is 0. The Balaban J connectivity index is 1.44. The molecule has 0 spiro atoms. The molecule has 5 rings (SSSR count). The Bertz CT molecular complexity index is 1440. The predicted octanol–water partition coefficient (Wildman–Crippen LogP) is 5.19. The highest BCUT2D eigenvalue weighted by atomic mass is 32.2. The molecule has 206 valence electrons. The van der Waals surface area contributed by atoms with Gasteiger partial charge in [-0.05, 0) is 84.5 Å². The van der Waals surface area contributed by atoms with Gasteiger partial charge in [-0.3, -0.25) is 9.10 Å². The summed E-state index contributed by atoms with van der Waals surface area (Å²) in [5.74, 6) is 0.486. The highest BCUT2D eigenvalue weighted by molar-refractivity contribution is 7.92. The molecule has 8 nitrogen and oxygen atoms in total. The maximum atomic E-state index is 13.9. The van der Waals surface area contributed by atoms with Crippen LogP contribution in [0.3, 0.4) is 0 Å². The number of rotatable bonds is 6. The molecule has 0 saturated carbocycles. The summed E-state index contributed by atoms with van der Waals surface area (Å²) in [6, 6.07) is 19.4. The van der Waals surface area contributed by atoms with Gasteiger partial charge in [0, 0.05) is 24.5 Å². The summed E-state index contributed by atoms with van der Waals surface area (Å²) in [5, 5.41) is 2.90. The summed E-state index contributed by atoms with van der Waals surface area (Å²) < 4.78 is 40.4. The third-order valence-corrected chi connectivity index (χ3v) is 9.03. The smallest absolute Gasteiger partial charge is 0.267 e. The number of benzene rings is 3. The van der Waals surface area contributed by atoms with Crippen LogP contribution < -0.4 is 24.0 Å². The quantitative estimate of drug-likeness (QED) is 0.456. The molecule has 2 aliphatic rings. The molecule has 2 heterocycles. The van der Waals surface area contributed by atoms with E-state index in [1.54, 1.807) is 18.2 Å². The maximum Gasteiger partial charge on any atom is 0.267 e. The summed E-state index contributed by atoms with van der Waals surface area (Å²) in [6.45, 7) is 8.10. The molecule has 0 radical (unpaired) electrons. The second kappa shape index (κ2) is 10.4. The molecule has 39 heavy (non-hydrogen) atoms. The van der Waals surface area contributed by atoms with Crippen molar-refractivity contribution >= 4 is 33.0 Å². The van der Waals surface area contributed by atoms with Crippen molar-refractivity contribution < 1.29 is 22.7 Å². The molecule has 0 unspecified atom stereocenters. The van der Waals surface area contributed by atoms with E-state index >= 15 is 0 Å². The molecule has 1 amide bonds. The minimum atomic E-state index is -4.00. The molecule has 2 aliphatic heterocycles. The van der Waals surface area contributed by atoms with E-state index in [1.165, 1.54) is 36.4 Å². The van der Waals surface area contributed by atoms with E-state index in [2.05, 4.69) is 31.0 Å². The Labute approximate surface area is 230 Å². The Hall–Kier alpha value is -3.72. The van der Waals surface area contributed by atoms with Crippen LogP contribution in [0.1, 0.15) is 39.2 Å². The highest BCUT2D eigenvalue weighted by Gasteiger charge is 2.38. The highest BCUT2D eigenvalue weighted by Crippen LogP contribution is 2.40. The van der Waals surface area contributed by atoms with Gasteiger partial charge in [-0.25, -0.2) is 8.42 Å². The molecular formula is C30H35N3O5S. The van der Waals surface area contributed by atoms with Crippen LogP contribution in [0.5, 0.6) is 11.5 Å². The van der Waals surface area contributed by atoms with Crippen LogP contribution in [-0.2, 0) is 20.2 Å². The SMILES string of the molecule is COc1ccc(S(=O)(=O)N2C[C@@H](C(=O)Nc3ccc(N4CCCC4)cc3)Oc3ccc(C(C)(C)C)cc32)cc1. The van der Waals surface area contributed by atoms with E-state index in [-0.39, 0.29) is 16.9 Å². The fourth-order valence-corrected chi connectivity index (χ4v) is 6.38. The summed E-state index contributed by atoms with van der Waals surface area (Å²) in [5.41, 5.74) is 2.92. The number of nitrogens with zero attached hydrogens (tertiary/aromatic N) is 2. The topological polar surface area (TPSA) is 88.2 Å². The molecule has 1 atom stereocenters. The lowest BCUT2D eigenvalue weighted by Gasteiger charge is -2.36. The molecule has 1 saturated heterocycles. The van der Waals surface area contributed by atoms with Crippen LogP contribution in [-0.4, -0.2) is 47.2 Å². The van der Waals surface area contributed by atoms with Crippen LogP contribution in [0.2, 0.25) is 0 Å². The second-order valence-corrected chi connectivity index (χ2v) is 12.8. The number of carbonyl (C=O) groups is 1. The lowest BCUT2D eigenvalue weighted by Crippen LogP contribution is -2.49. The van der Waals surface area contributed by atoms with Gasteiger partial charge < -0.3 is 19.7 Å². The van der Waals surface area contributed by atoms with Gasteiger partial charge in [0.1, 0.15) is 11.5 Å². The predicted molar refractivity (Wildman–Crippen MR) is 154 cm³/mol. The van der Waals surface area contributed by atoms with E-state index in [4.69, 9.17) is 9.47 Å². The van der Waals surface area contributed by atoms with Gasteiger partial charge >= 0.3 is 0 Å². The number of hydrogen-bond donors (Lipinski definition) is 1. The zero-order valence-electron chi connectivity index (χ0n) is 22.8. The van der Waals surface area contributed by atoms with E-state index < -0.39 is 22.0 Å². The van der Waals surface area contributed by atoms with Gasteiger partial charge in [-0.2, -0.15) is 0 Å². The summed E-state index contributed by atoms with van der Waals surface area (Å²) in [4.78, 5) is 15.8. The molecule has 1 N–H and O–H groups in total. The second-order valence-electron chi connectivity index (χ2n) is 11.0. The van der Waals surface area contributed by atoms with Crippen LogP contribution in [0.4, 0.5) is 17.1 Å². The fraction of sp³-hybridized carbons (Fsp3) is 0.367. The molecule has 0 bridgehead atoms. The Morgan fingerprint density at radius 3 is 2.26 bits per heavy atom. The van der Waals surface area contributed by atoms with Crippen LogP contribution in [0.25, 0.3) is 0 Å². The average molecular weight is 550 g/mol. The van der Waals surface area contributed by atoms with Gasteiger partial charge in [-0.1, -0.05) is 26.8 Å². The van der Waals surface area contributed by atoms with Crippen LogP contribution in [0.15, 0.2) is 71.6 Å². The van der Waals surface area contributed by atoms with E-state index in [0.29, 0.717) is 22.9 Å². The summed E-state index contributed by atoms with van der Waals surface area (Å²) in [6.07, 6.45) is 1.34. The van der Waals surface area contributed by atoms with Crippen molar-refractivity contribution in [2.45, 2.75) is 50.0 Å². The van der Waals surface area contributed by atoms with E-state index in [9.17, 15) is 13.2 Å². The van der Waals surface area contributed by atoms with Crippen molar-refractivity contribution in [2.75, 3.05) is 41.3 Å². The largest absolute Gasteiger partial charge is 0.497 e. The number of hydrogen-bond acceptors (Lipinski definition) is 6.